The molecule has 0 radical (unpaired) electrons. The maximum Gasteiger partial charge on any atom is 0.336 e. The van der Waals surface area contributed by atoms with Gasteiger partial charge in [-0.3, -0.25) is 4.68 Å². The van der Waals surface area contributed by atoms with Gasteiger partial charge >= 0.3 is 5.97 Å². The van der Waals surface area contributed by atoms with Crippen molar-refractivity contribution in [2.45, 2.75) is 33.7 Å². The van der Waals surface area contributed by atoms with Crippen molar-refractivity contribution in [1.29, 1.82) is 0 Å². The van der Waals surface area contributed by atoms with Crippen LogP contribution in [0, 0.1) is 13.8 Å². The fourth-order valence-electron chi connectivity index (χ4n) is 2.22. The van der Waals surface area contributed by atoms with Gasteiger partial charge in [0.1, 0.15) is 0 Å². The second-order valence-electron chi connectivity index (χ2n) is 4.72. The van der Waals surface area contributed by atoms with E-state index in [4.69, 9.17) is 0 Å². The molecule has 1 aromatic carbocycles. The Morgan fingerprint density at radius 1 is 1.32 bits per heavy atom. The number of hydrogen-bond acceptors (Lipinski definition) is 2. The summed E-state index contributed by atoms with van der Waals surface area (Å²) in [5.74, 6) is -0.902. The second-order valence-corrected chi connectivity index (χ2v) is 4.72. The third-order valence-electron chi connectivity index (χ3n) is 3.23. The van der Waals surface area contributed by atoms with Crippen LogP contribution in [0.5, 0.6) is 0 Å². The molecule has 0 saturated heterocycles. The van der Waals surface area contributed by atoms with Gasteiger partial charge < -0.3 is 5.11 Å². The fraction of sp³-hybridized carbons (Fsp3) is 0.333. The second kappa shape index (κ2) is 5.26. The standard InChI is InChI=1S/C15H18N2O2/c1-4-7-17-11(3)14(9-16-17)12-6-5-10(2)8-13(12)15(18)19/h5-6,8-9H,4,7H2,1-3H3,(H,18,19). The Labute approximate surface area is 112 Å². The molecule has 1 heterocycles. The van der Waals surface area contributed by atoms with E-state index in [0.29, 0.717) is 5.56 Å². The van der Waals surface area contributed by atoms with E-state index in [1.54, 1.807) is 12.3 Å². The lowest BCUT2D eigenvalue weighted by Crippen LogP contribution is -2.03. The molecular formula is C15H18N2O2. The number of aromatic carboxylic acids is 1. The molecular weight excluding hydrogens is 240 g/mol. The zero-order valence-corrected chi connectivity index (χ0v) is 11.5. The highest BCUT2D eigenvalue weighted by molar-refractivity contribution is 5.96. The van der Waals surface area contributed by atoms with Crippen LogP contribution in [-0.2, 0) is 6.54 Å². The van der Waals surface area contributed by atoms with Crippen LogP contribution < -0.4 is 0 Å². The number of benzene rings is 1. The molecule has 0 aliphatic rings. The Hall–Kier alpha value is -2.10. The normalized spacial score (nSPS) is 10.7. The first-order valence-electron chi connectivity index (χ1n) is 6.41. The summed E-state index contributed by atoms with van der Waals surface area (Å²) in [6.07, 6.45) is 2.75. The first kappa shape index (κ1) is 13.3. The summed E-state index contributed by atoms with van der Waals surface area (Å²) in [5.41, 5.74) is 3.91. The molecule has 0 aliphatic heterocycles. The van der Waals surface area contributed by atoms with Crippen LogP contribution in [-0.4, -0.2) is 20.9 Å². The third kappa shape index (κ3) is 2.52. The molecule has 4 nitrogen and oxygen atoms in total. The summed E-state index contributed by atoms with van der Waals surface area (Å²) in [6, 6.07) is 5.49. The molecule has 0 saturated carbocycles. The zero-order chi connectivity index (χ0) is 14.0. The van der Waals surface area contributed by atoms with E-state index in [1.807, 2.05) is 30.7 Å². The van der Waals surface area contributed by atoms with Gasteiger partial charge in [-0.15, -0.1) is 0 Å². The minimum absolute atomic E-state index is 0.333. The largest absolute Gasteiger partial charge is 0.478 e. The van der Waals surface area contributed by atoms with Gasteiger partial charge in [0.15, 0.2) is 0 Å². The summed E-state index contributed by atoms with van der Waals surface area (Å²) < 4.78 is 1.92. The van der Waals surface area contributed by atoms with Crippen molar-refractivity contribution >= 4 is 5.97 Å². The van der Waals surface area contributed by atoms with Crippen molar-refractivity contribution in [3.8, 4) is 11.1 Å². The van der Waals surface area contributed by atoms with Crippen molar-refractivity contribution in [3.63, 3.8) is 0 Å². The maximum absolute atomic E-state index is 11.4. The highest BCUT2D eigenvalue weighted by Gasteiger charge is 2.16. The van der Waals surface area contributed by atoms with Crippen molar-refractivity contribution in [1.82, 2.24) is 9.78 Å². The van der Waals surface area contributed by atoms with Crippen LogP contribution in [0.2, 0.25) is 0 Å². The molecule has 4 heteroatoms. The van der Waals surface area contributed by atoms with E-state index < -0.39 is 5.97 Å². The van der Waals surface area contributed by atoms with Crippen molar-refractivity contribution < 1.29 is 9.90 Å². The summed E-state index contributed by atoms with van der Waals surface area (Å²) in [6.45, 7) is 6.81. The first-order chi connectivity index (χ1) is 9.04. The predicted octanol–water partition coefficient (Wildman–Crippen LogP) is 3.28. The van der Waals surface area contributed by atoms with E-state index in [-0.39, 0.29) is 0 Å². The molecule has 19 heavy (non-hydrogen) atoms. The van der Waals surface area contributed by atoms with Crippen LogP contribution in [0.15, 0.2) is 24.4 Å². The van der Waals surface area contributed by atoms with E-state index in [2.05, 4.69) is 12.0 Å². The number of nitrogens with zero attached hydrogens (tertiary/aromatic N) is 2. The number of hydrogen-bond donors (Lipinski definition) is 1. The SMILES string of the molecule is CCCn1ncc(-c2ccc(C)cc2C(=O)O)c1C. The van der Waals surface area contributed by atoms with Crippen molar-refractivity contribution in [3.05, 3.63) is 41.2 Å². The number of aromatic nitrogens is 2. The molecule has 0 unspecified atom stereocenters. The lowest BCUT2D eigenvalue weighted by Gasteiger charge is -2.08. The molecule has 100 valence electrons. The summed E-state index contributed by atoms with van der Waals surface area (Å²) >= 11 is 0. The molecule has 0 aliphatic carbocycles. The monoisotopic (exact) mass is 258 g/mol. The van der Waals surface area contributed by atoms with Crippen LogP contribution in [0.1, 0.15) is 35.0 Å². The third-order valence-corrected chi connectivity index (χ3v) is 3.23. The average Bonchev–Trinajstić information content (AvgIpc) is 2.72. The highest BCUT2D eigenvalue weighted by atomic mass is 16.4. The Morgan fingerprint density at radius 2 is 2.05 bits per heavy atom. The summed E-state index contributed by atoms with van der Waals surface area (Å²) in [7, 11) is 0. The average molecular weight is 258 g/mol. The smallest absolute Gasteiger partial charge is 0.336 e. The van der Waals surface area contributed by atoms with Gasteiger partial charge in [-0.2, -0.15) is 5.10 Å². The van der Waals surface area contributed by atoms with Crippen LogP contribution in [0.3, 0.4) is 0 Å². The minimum Gasteiger partial charge on any atom is -0.478 e. The van der Waals surface area contributed by atoms with E-state index in [9.17, 15) is 9.90 Å². The molecule has 0 bridgehead atoms. The van der Waals surface area contributed by atoms with Crippen molar-refractivity contribution in [2.75, 3.05) is 0 Å². The maximum atomic E-state index is 11.4. The Kier molecular flexibility index (Phi) is 3.69. The number of rotatable bonds is 4. The lowest BCUT2D eigenvalue weighted by molar-refractivity contribution is 0.0697. The molecule has 2 aromatic rings. The molecule has 0 fully saturated rings. The van der Waals surface area contributed by atoms with Crippen LogP contribution >= 0.6 is 0 Å². The topological polar surface area (TPSA) is 55.1 Å². The quantitative estimate of drug-likeness (QED) is 0.915. The van der Waals surface area contributed by atoms with E-state index in [0.717, 1.165) is 35.3 Å². The van der Waals surface area contributed by atoms with Crippen LogP contribution in [0.4, 0.5) is 0 Å². The Balaban J connectivity index is 2.56. The molecule has 0 spiro atoms. The predicted molar refractivity (Wildman–Crippen MR) is 74.4 cm³/mol. The number of carboxylic acids is 1. The van der Waals surface area contributed by atoms with Gasteiger partial charge in [-0.1, -0.05) is 24.6 Å². The van der Waals surface area contributed by atoms with Gasteiger partial charge in [0.05, 0.1) is 11.8 Å². The van der Waals surface area contributed by atoms with Gasteiger partial charge in [0.2, 0.25) is 0 Å². The zero-order valence-electron chi connectivity index (χ0n) is 11.5. The Bertz CT molecular complexity index is 615. The first-order valence-corrected chi connectivity index (χ1v) is 6.41. The van der Waals surface area contributed by atoms with Gasteiger partial charge in [-0.05, 0) is 31.9 Å². The minimum atomic E-state index is -0.902. The molecule has 0 amide bonds. The Morgan fingerprint density at radius 3 is 2.68 bits per heavy atom. The molecule has 2 rings (SSSR count). The van der Waals surface area contributed by atoms with Crippen molar-refractivity contribution in [2.24, 2.45) is 0 Å². The summed E-state index contributed by atoms with van der Waals surface area (Å²) in [4.78, 5) is 11.4. The molecule has 1 N–H and O–H groups in total. The van der Waals surface area contributed by atoms with Gasteiger partial charge in [0.25, 0.3) is 0 Å². The number of carbonyl (C=O) groups is 1. The van der Waals surface area contributed by atoms with Crippen LogP contribution in [0.25, 0.3) is 11.1 Å². The lowest BCUT2D eigenvalue weighted by atomic mass is 9.98. The van der Waals surface area contributed by atoms with E-state index in [1.165, 1.54) is 0 Å². The van der Waals surface area contributed by atoms with Gasteiger partial charge in [0, 0.05) is 17.8 Å². The number of aryl methyl sites for hydroxylation is 2. The summed E-state index contributed by atoms with van der Waals surface area (Å²) in [5, 5.41) is 13.7. The van der Waals surface area contributed by atoms with Gasteiger partial charge in [-0.25, -0.2) is 4.79 Å². The molecule has 0 atom stereocenters. The number of carboxylic acid groups (broad SMARTS) is 1. The molecule has 1 aromatic heterocycles. The van der Waals surface area contributed by atoms with E-state index >= 15 is 0 Å². The highest BCUT2D eigenvalue weighted by Crippen LogP contribution is 2.27. The fourth-order valence-corrected chi connectivity index (χ4v) is 2.22.